The first-order valence-electron chi connectivity index (χ1n) is 4.84. The van der Waals surface area contributed by atoms with Gasteiger partial charge in [0.05, 0.1) is 12.5 Å². The molecule has 2 atom stereocenters. The van der Waals surface area contributed by atoms with Crippen LogP contribution in [-0.2, 0) is 42.9 Å². The second-order valence-electron chi connectivity index (χ2n) is 3.63. The zero-order valence-corrected chi connectivity index (χ0v) is 12.3. The van der Waals surface area contributed by atoms with E-state index in [-0.39, 0.29) is 0 Å². The van der Waals surface area contributed by atoms with Crippen LogP contribution < -0.4 is 0 Å². The summed E-state index contributed by atoms with van der Waals surface area (Å²) in [6.45, 7) is 2.11. The summed E-state index contributed by atoms with van der Waals surface area (Å²) in [5, 5.41) is 0. The van der Waals surface area contributed by atoms with Crippen LogP contribution in [-0.4, -0.2) is 53.5 Å². The molecule has 0 saturated carbocycles. The Kier molecular flexibility index (Phi) is 6.06. The lowest BCUT2D eigenvalue weighted by Gasteiger charge is -2.12. The smallest absolute Gasteiger partial charge is 0.344 e. The van der Waals surface area contributed by atoms with E-state index in [1.54, 1.807) is 0 Å². The highest BCUT2D eigenvalue weighted by molar-refractivity contribution is 7.86. The molecule has 11 heteroatoms. The predicted molar refractivity (Wildman–Crippen MR) is 61.9 cm³/mol. The number of esters is 2. The van der Waals surface area contributed by atoms with E-state index in [1.807, 2.05) is 0 Å². The van der Waals surface area contributed by atoms with Crippen molar-refractivity contribution in [1.29, 1.82) is 0 Å². The fourth-order valence-corrected chi connectivity index (χ4v) is 2.07. The first-order chi connectivity index (χ1) is 8.32. The summed E-state index contributed by atoms with van der Waals surface area (Å²) in [4.78, 5) is 22.5. The van der Waals surface area contributed by atoms with Gasteiger partial charge in [-0.2, -0.15) is 16.8 Å². The van der Waals surface area contributed by atoms with Crippen molar-refractivity contribution in [3.05, 3.63) is 0 Å². The molecule has 0 aliphatic heterocycles. The van der Waals surface area contributed by atoms with Crippen molar-refractivity contribution in [1.82, 2.24) is 0 Å². The van der Waals surface area contributed by atoms with E-state index in [0.29, 0.717) is 12.5 Å². The number of hydrogen-bond donors (Lipinski definition) is 0. The van der Waals surface area contributed by atoms with Crippen molar-refractivity contribution in [3.63, 3.8) is 0 Å². The van der Waals surface area contributed by atoms with Gasteiger partial charge in [0.25, 0.3) is 20.2 Å². The highest BCUT2D eigenvalue weighted by Crippen LogP contribution is 2.04. The van der Waals surface area contributed by atoms with Crippen LogP contribution in [0.25, 0.3) is 0 Å². The summed E-state index contributed by atoms with van der Waals surface area (Å²) < 4.78 is 55.7. The lowest BCUT2D eigenvalue weighted by molar-refractivity contribution is -0.168. The van der Waals surface area contributed by atoms with Crippen LogP contribution in [0, 0.1) is 0 Å². The minimum absolute atomic E-state index is 0.716. The average Bonchev–Trinajstić information content (AvgIpc) is 2.11. The van der Waals surface area contributed by atoms with Crippen LogP contribution in [0.3, 0.4) is 0 Å². The number of carbonyl (C=O) groups excluding carboxylic acids is 2. The van der Waals surface area contributed by atoms with Crippen molar-refractivity contribution in [3.8, 4) is 0 Å². The maximum atomic E-state index is 11.3. The monoisotopic (exact) mass is 318 g/mol. The standard InChI is InChI=1S/C8H14O9S2/c1-5(16-18(3,11)12)7(9)15-8(10)6(2)17-19(4,13)14/h5-6H,1-4H3. The fraction of sp³-hybridized carbons (Fsp3) is 0.750. The normalized spacial score (nSPS) is 15.6. The van der Waals surface area contributed by atoms with E-state index in [1.165, 1.54) is 0 Å². The molecular formula is C8H14O9S2. The molecule has 0 spiro atoms. The second kappa shape index (κ2) is 6.41. The molecule has 112 valence electrons. The van der Waals surface area contributed by atoms with Crippen molar-refractivity contribution >= 4 is 32.2 Å². The van der Waals surface area contributed by atoms with Crippen LogP contribution >= 0.6 is 0 Å². The highest BCUT2D eigenvalue weighted by Gasteiger charge is 2.27. The molecule has 0 rings (SSSR count). The van der Waals surface area contributed by atoms with Gasteiger partial charge < -0.3 is 4.74 Å². The molecule has 0 N–H and O–H groups in total. The Morgan fingerprint density at radius 3 is 1.26 bits per heavy atom. The lowest BCUT2D eigenvalue weighted by atomic mass is 10.4. The Morgan fingerprint density at radius 2 is 1.05 bits per heavy atom. The summed E-state index contributed by atoms with van der Waals surface area (Å²) in [7, 11) is -7.78. The quantitative estimate of drug-likeness (QED) is 0.336. The molecule has 0 aromatic heterocycles. The molecule has 0 radical (unpaired) electrons. The summed E-state index contributed by atoms with van der Waals surface area (Å²) in [5.74, 6) is -2.56. The molecule has 0 aromatic rings. The molecule has 0 aliphatic carbocycles. The summed E-state index contributed by atoms with van der Waals surface area (Å²) in [6.07, 6.45) is -1.64. The van der Waals surface area contributed by atoms with E-state index in [9.17, 15) is 26.4 Å². The second-order valence-corrected chi connectivity index (χ2v) is 6.83. The molecule has 19 heavy (non-hydrogen) atoms. The Balaban J connectivity index is 4.53. The van der Waals surface area contributed by atoms with Gasteiger partial charge in [0.1, 0.15) is 0 Å². The zero-order chi connectivity index (χ0) is 15.4. The van der Waals surface area contributed by atoms with E-state index < -0.39 is 44.4 Å². The van der Waals surface area contributed by atoms with Gasteiger partial charge in [0.2, 0.25) is 0 Å². The van der Waals surface area contributed by atoms with Crippen molar-refractivity contribution in [2.45, 2.75) is 26.1 Å². The molecule has 0 bridgehead atoms. The zero-order valence-electron chi connectivity index (χ0n) is 10.6. The summed E-state index contributed by atoms with van der Waals surface area (Å²) in [5.41, 5.74) is 0. The molecular weight excluding hydrogens is 304 g/mol. The Labute approximate surface area is 111 Å². The number of rotatable bonds is 6. The first-order valence-corrected chi connectivity index (χ1v) is 8.47. The number of ether oxygens (including phenoxy) is 1. The summed E-state index contributed by atoms with van der Waals surface area (Å²) in [6, 6.07) is 0. The van der Waals surface area contributed by atoms with Gasteiger partial charge in [0.15, 0.2) is 12.2 Å². The Morgan fingerprint density at radius 1 is 0.789 bits per heavy atom. The van der Waals surface area contributed by atoms with Gasteiger partial charge in [-0.3, -0.25) is 8.37 Å². The van der Waals surface area contributed by atoms with Gasteiger partial charge in [-0.25, -0.2) is 9.59 Å². The average molecular weight is 318 g/mol. The van der Waals surface area contributed by atoms with Crippen LogP contribution in [0.15, 0.2) is 0 Å². The molecule has 0 saturated heterocycles. The van der Waals surface area contributed by atoms with Crippen molar-refractivity contribution < 1.29 is 39.5 Å². The SMILES string of the molecule is CC(OS(C)(=O)=O)C(=O)OC(=O)C(C)OS(C)(=O)=O. The van der Waals surface area contributed by atoms with Crippen LogP contribution in [0.4, 0.5) is 0 Å². The topological polar surface area (TPSA) is 130 Å². The third-order valence-corrected chi connectivity index (χ3v) is 2.78. The number of carbonyl (C=O) groups is 2. The minimum Gasteiger partial charge on any atom is -0.389 e. The third kappa shape index (κ3) is 8.64. The minimum atomic E-state index is -3.89. The van der Waals surface area contributed by atoms with Gasteiger partial charge in [0, 0.05) is 0 Å². The van der Waals surface area contributed by atoms with Crippen molar-refractivity contribution in [2.75, 3.05) is 12.5 Å². The van der Waals surface area contributed by atoms with Crippen LogP contribution in [0.1, 0.15) is 13.8 Å². The van der Waals surface area contributed by atoms with Gasteiger partial charge in [-0.15, -0.1) is 0 Å². The van der Waals surface area contributed by atoms with E-state index in [0.717, 1.165) is 13.8 Å². The molecule has 0 amide bonds. The Bertz CT molecular complexity index is 495. The molecule has 0 fully saturated rings. The van der Waals surface area contributed by atoms with E-state index in [2.05, 4.69) is 13.1 Å². The molecule has 2 unspecified atom stereocenters. The largest absolute Gasteiger partial charge is 0.389 e. The lowest BCUT2D eigenvalue weighted by Crippen LogP contribution is -2.33. The third-order valence-electron chi connectivity index (χ3n) is 1.50. The fourth-order valence-electron chi connectivity index (χ4n) is 0.868. The van der Waals surface area contributed by atoms with E-state index in [4.69, 9.17) is 0 Å². The van der Waals surface area contributed by atoms with E-state index >= 15 is 0 Å². The summed E-state index contributed by atoms with van der Waals surface area (Å²) >= 11 is 0. The maximum absolute atomic E-state index is 11.3. The molecule has 0 heterocycles. The Hall–Kier alpha value is -1.04. The molecule has 9 nitrogen and oxygen atoms in total. The van der Waals surface area contributed by atoms with Gasteiger partial charge in [-0.05, 0) is 13.8 Å². The number of hydrogen-bond acceptors (Lipinski definition) is 9. The molecule has 0 aromatic carbocycles. The molecule has 0 aliphatic rings. The van der Waals surface area contributed by atoms with Crippen molar-refractivity contribution in [2.24, 2.45) is 0 Å². The maximum Gasteiger partial charge on any atom is 0.344 e. The first kappa shape index (κ1) is 18.0. The van der Waals surface area contributed by atoms with Crippen LogP contribution in [0.5, 0.6) is 0 Å². The highest BCUT2D eigenvalue weighted by atomic mass is 32.2. The van der Waals surface area contributed by atoms with Gasteiger partial charge in [-0.1, -0.05) is 0 Å². The van der Waals surface area contributed by atoms with Crippen LogP contribution in [0.2, 0.25) is 0 Å². The predicted octanol–water partition coefficient (Wildman–Crippen LogP) is -1.21. The van der Waals surface area contributed by atoms with Gasteiger partial charge >= 0.3 is 11.9 Å².